The molecule has 0 unspecified atom stereocenters. The van der Waals surface area contributed by atoms with Crippen molar-refractivity contribution >= 4 is 21.8 Å². The number of aromatic amines is 1. The first-order valence-electron chi connectivity index (χ1n) is 21.1. The lowest BCUT2D eigenvalue weighted by Gasteiger charge is -2.02. The van der Waals surface area contributed by atoms with Crippen LogP contribution in [0.15, 0.2) is 134 Å². The molecule has 1 N–H and O–H groups in total. The smallest absolute Gasteiger partial charge is 0.0480 e. The van der Waals surface area contributed by atoms with Gasteiger partial charge in [0.1, 0.15) is 0 Å². The van der Waals surface area contributed by atoms with E-state index in [9.17, 15) is 0 Å². The molecule has 0 amide bonds. The molecule has 0 spiro atoms. The number of rotatable bonds is 10. The van der Waals surface area contributed by atoms with Gasteiger partial charge in [0.05, 0.1) is 0 Å². The molecular formula is C52H71N5. The van der Waals surface area contributed by atoms with Crippen LogP contribution < -0.4 is 0 Å². The molecule has 0 saturated carbocycles. The molecule has 7 rings (SSSR count). The van der Waals surface area contributed by atoms with Gasteiger partial charge >= 0.3 is 0 Å². The maximum Gasteiger partial charge on any atom is 0.0480 e. The van der Waals surface area contributed by atoms with Crippen molar-refractivity contribution in [2.24, 2.45) is 36.6 Å². The third kappa shape index (κ3) is 18.2. The molecule has 57 heavy (non-hydrogen) atoms. The number of nitrogens with zero attached hydrogens (tertiary/aromatic N) is 4. The zero-order valence-electron chi connectivity index (χ0n) is 36.9. The molecule has 5 aromatic heterocycles. The molecular weight excluding hydrogens is 695 g/mol. The van der Waals surface area contributed by atoms with Crippen LogP contribution in [0.2, 0.25) is 0 Å². The Labute approximate surface area is 345 Å². The molecule has 0 bridgehead atoms. The Hall–Kier alpha value is -5.03. The van der Waals surface area contributed by atoms with Gasteiger partial charge in [0.15, 0.2) is 0 Å². The number of aromatic nitrogens is 5. The van der Waals surface area contributed by atoms with Crippen LogP contribution >= 0.6 is 0 Å². The minimum Gasteiger partial charge on any atom is -0.361 e. The number of fused-ring (bicyclic) bond motifs is 2. The lowest BCUT2D eigenvalue weighted by molar-refractivity contribution is 0.635. The molecule has 5 heterocycles. The molecule has 0 aliphatic rings. The van der Waals surface area contributed by atoms with Crippen molar-refractivity contribution in [2.75, 3.05) is 0 Å². The zero-order chi connectivity index (χ0) is 41.6. The van der Waals surface area contributed by atoms with Crippen LogP contribution in [0.4, 0.5) is 0 Å². The molecule has 2 aromatic carbocycles. The summed E-state index contributed by atoms with van der Waals surface area (Å²) < 4.78 is 2.22. The van der Waals surface area contributed by atoms with Crippen LogP contribution in [0.3, 0.4) is 0 Å². The SMILES string of the molecule is CC(C)Cc1c[nH]c2ccccc12.CC(C)Cc1ccccn1.CC(C)Cc1cccnc1.CC(C)Cc1ccncc1.CC(C)Cc1cn(C)c2ccccc12. The van der Waals surface area contributed by atoms with E-state index in [4.69, 9.17) is 0 Å². The molecule has 304 valence electrons. The van der Waals surface area contributed by atoms with E-state index in [1.165, 1.54) is 56.2 Å². The van der Waals surface area contributed by atoms with E-state index < -0.39 is 0 Å². The summed E-state index contributed by atoms with van der Waals surface area (Å²) in [6.07, 6.45) is 19.4. The second kappa shape index (κ2) is 25.3. The maximum absolute atomic E-state index is 4.22. The number of benzene rings is 2. The summed E-state index contributed by atoms with van der Waals surface area (Å²) in [6.45, 7) is 22.3. The van der Waals surface area contributed by atoms with Crippen LogP contribution in [0.5, 0.6) is 0 Å². The molecule has 0 radical (unpaired) electrons. The number of pyridine rings is 3. The van der Waals surface area contributed by atoms with Gasteiger partial charge in [-0.1, -0.05) is 118 Å². The van der Waals surface area contributed by atoms with Crippen molar-refractivity contribution in [3.63, 3.8) is 0 Å². The molecule has 0 aliphatic heterocycles. The Balaban J connectivity index is 0.000000193. The average molecular weight is 766 g/mol. The van der Waals surface area contributed by atoms with Crippen molar-refractivity contribution in [2.45, 2.75) is 101 Å². The predicted molar refractivity (Wildman–Crippen MR) is 247 cm³/mol. The summed E-state index contributed by atoms with van der Waals surface area (Å²) in [4.78, 5) is 15.5. The maximum atomic E-state index is 4.22. The van der Waals surface area contributed by atoms with Crippen LogP contribution in [-0.2, 0) is 39.2 Å². The summed E-state index contributed by atoms with van der Waals surface area (Å²) in [7, 11) is 2.12. The molecule has 0 aliphatic carbocycles. The van der Waals surface area contributed by atoms with Gasteiger partial charge in [-0.15, -0.1) is 0 Å². The zero-order valence-corrected chi connectivity index (χ0v) is 36.9. The fourth-order valence-corrected chi connectivity index (χ4v) is 6.69. The second-order valence-electron chi connectivity index (χ2n) is 17.2. The standard InChI is InChI=1S/C13H17N.C12H15N.3C9H13N/c1-10(2)8-11-9-14(3)13-7-5-4-6-12(11)13;1-9(2)7-10-8-13-12-6-4-3-5-11(10)12;1-8(2)7-9-3-5-10-6-4-9;1-8(2)6-9-4-3-5-10-7-9;1-8(2)7-9-5-3-4-6-10-9/h4-7,9-10H,8H2,1-3H3;3-6,8-9,13H,7H2,1-2H3;3-6,8H,7H2,1-2H3;3-5,7-8H,6H2,1-2H3;3-6,8H,7H2,1-2H3. The van der Waals surface area contributed by atoms with Gasteiger partial charge in [-0.3, -0.25) is 15.0 Å². The highest BCUT2D eigenvalue weighted by atomic mass is 14.9. The molecule has 5 heteroatoms. The molecule has 0 saturated heterocycles. The number of aryl methyl sites for hydroxylation is 1. The Morgan fingerprint density at radius 3 is 1.67 bits per heavy atom. The highest BCUT2D eigenvalue weighted by Gasteiger charge is 2.07. The summed E-state index contributed by atoms with van der Waals surface area (Å²) >= 11 is 0. The van der Waals surface area contributed by atoms with Gasteiger partial charge in [0, 0.05) is 77.9 Å². The van der Waals surface area contributed by atoms with Crippen molar-refractivity contribution in [3.8, 4) is 0 Å². The minimum atomic E-state index is 0.704. The number of hydrogen-bond acceptors (Lipinski definition) is 3. The molecule has 5 nitrogen and oxygen atoms in total. The lowest BCUT2D eigenvalue weighted by atomic mass is 10.0. The van der Waals surface area contributed by atoms with Crippen molar-refractivity contribution < 1.29 is 0 Å². The van der Waals surface area contributed by atoms with Crippen LogP contribution in [0, 0.1) is 29.6 Å². The third-order valence-electron chi connectivity index (χ3n) is 9.01. The minimum absolute atomic E-state index is 0.704. The van der Waals surface area contributed by atoms with Crippen LogP contribution in [0.25, 0.3) is 21.8 Å². The van der Waals surface area contributed by atoms with Gasteiger partial charge in [0.2, 0.25) is 0 Å². The van der Waals surface area contributed by atoms with E-state index in [1.54, 1.807) is 0 Å². The Morgan fingerprint density at radius 2 is 1.07 bits per heavy atom. The van der Waals surface area contributed by atoms with E-state index in [0.717, 1.165) is 49.4 Å². The van der Waals surface area contributed by atoms with E-state index in [2.05, 4.69) is 186 Å². The van der Waals surface area contributed by atoms with E-state index in [0.29, 0.717) is 5.92 Å². The normalized spacial score (nSPS) is 10.8. The summed E-state index contributed by atoms with van der Waals surface area (Å²) in [5.74, 6) is 3.61. The summed E-state index contributed by atoms with van der Waals surface area (Å²) in [5.41, 5.74) is 9.39. The summed E-state index contributed by atoms with van der Waals surface area (Å²) in [6, 6.07) is 31.4. The summed E-state index contributed by atoms with van der Waals surface area (Å²) in [5, 5.41) is 2.78. The fourth-order valence-electron chi connectivity index (χ4n) is 6.69. The van der Waals surface area contributed by atoms with Crippen molar-refractivity contribution in [1.82, 2.24) is 24.5 Å². The van der Waals surface area contributed by atoms with Gasteiger partial charge in [-0.25, -0.2) is 0 Å². The van der Waals surface area contributed by atoms with Gasteiger partial charge < -0.3 is 9.55 Å². The first kappa shape index (κ1) is 46.4. The van der Waals surface area contributed by atoms with Crippen LogP contribution in [-0.4, -0.2) is 24.5 Å². The predicted octanol–water partition coefficient (Wildman–Crippen LogP) is 13.6. The molecule has 7 aromatic rings. The number of nitrogens with one attached hydrogen (secondary N) is 1. The Kier molecular flexibility index (Phi) is 20.5. The Bertz CT molecular complexity index is 1950. The molecule has 0 fully saturated rings. The van der Waals surface area contributed by atoms with E-state index >= 15 is 0 Å². The third-order valence-corrected chi connectivity index (χ3v) is 9.01. The Morgan fingerprint density at radius 1 is 0.491 bits per heavy atom. The first-order valence-corrected chi connectivity index (χ1v) is 21.1. The van der Waals surface area contributed by atoms with E-state index in [-0.39, 0.29) is 0 Å². The molecule has 0 atom stereocenters. The monoisotopic (exact) mass is 766 g/mol. The average Bonchev–Trinajstić information content (AvgIpc) is 3.72. The first-order chi connectivity index (χ1) is 27.3. The van der Waals surface area contributed by atoms with E-state index in [1.807, 2.05) is 49.2 Å². The number of H-pyrrole nitrogens is 1. The second-order valence-corrected chi connectivity index (χ2v) is 17.2. The highest BCUT2D eigenvalue weighted by Crippen LogP contribution is 2.23. The number of para-hydroxylation sites is 2. The fraction of sp³-hybridized carbons (Fsp3) is 0.404. The lowest BCUT2D eigenvalue weighted by Crippen LogP contribution is -1.95. The topological polar surface area (TPSA) is 59.4 Å². The quantitative estimate of drug-likeness (QED) is 0.151. The van der Waals surface area contributed by atoms with Crippen molar-refractivity contribution in [3.05, 3.63) is 162 Å². The largest absolute Gasteiger partial charge is 0.361 e. The van der Waals surface area contributed by atoms with Crippen molar-refractivity contribution in [1.29, 1.82) is 0 Å². The highest BCUT2D eigenvalue weighted by molar-refractivity contribution is 5.84. The van der Waals surface area contributed by atoms with Gasteiger partial charge in [-0.2, -0.15) is 0 Å². The van der Waals surface area contributed by atoms with Crippen LogP contribution in [0.1, 0.15) is 97.2 Å². The number of hydrogen-bond donors (Lipinski definition) is 1. The van der Waals surface area contributed by atoms with Gasteiger partial charge in [0.25, 0.3) is 0 Å². The van der Waals surface area contributed by atoms with Gasteiger partial charge in [-0.05, 0) is 126 Å².